The Bertz CT molecular complexity index is 872. The predicted molar refractivity (Wildman–Crippen MR) is 77.8 cm³/mol. The largest absolute Gasteiger partial charge is 1.00 e. The Morgan fingerprint density at radius 3 is 2.16 bits per heavy atom. The molecule has 0 aliphatic carbocycles. The minimum absolute atomic E-state index is 0. The zero-order chi connectivity index (χ0) is 11.9. The Hall–Kier alpha value is -1.34. The van der Waals surface area contributed by atoms with Crippen molar-refractivity contribution in [2.75, 3.05) is 0 Å². The molecule has 0 aliphatic heterocycles. The van der Waals surface area contributed by atoms with Gasteiger partial charge in [0.25, 0.3) is 0 Å². The zero-order valence-corrected chi connectivity index (χ0v) is 12.9. The van der Waals surface area contributed by atoms with Gasteiger partial charge in [-0.2, -0.15) is 0 Å². The van der Waals surface area contributed by atoms with Gasteiger partial charge >= 0.3 is 29.6 Å². The van der Waals surface area contributed by atoms with E-state index in [1.165, 1.54) is 32.3 Å². The van der Waals surface area contributed by atoms with Crippen molar-refractivity contribution in [3.8, 4) is 0 Å². The summed E-state index contributed by atoms with van der Waals surface area (Å²) in [6.07, 6.45) is 0. The minimum Gasteiger partial charge on any atom is -0.147 e. The minimum atomic E-state index is 0. The van der Waals surface area contributed by atoms with Crippen LogP contribution in [0.2, 0.25) is 0 Å². The van der Waals surface area contributed by atoms with Gasteiger partial charge in [0.15, 0.2) is 0 Å². The molecular formula is C18H11Na. The first-order chi connectivity index (χ1) is 8.92. The first-order valence-corrected chi connectivity index (χ1v) is 6.14. The molecule has 19 heavy (non-hydrogen) atoms. The summed E-state index contributed by atoms with van der Waals surface area (Å²) in [7, 11) is 0. The van der Waals surface area contributed by atoms with E-state index < -0.39 is 0 Å². The molecule has 0 radical (unpaired) electrons. The third-order valence-corrected chi connectivity index (χ3v) is 3.52. The van der Waals surface area contributed by atoms with Crippen LogP contribution in [0.5, 0.6) is 0 Å². The molecule has 0 saturated carbocycles. The summed E-state index contributed by atoms with van der Waals surface area (Å²) in [6, 6.07) is 26.9. The van der Waals surface area contributed by atoms with Crippen molar-refractivity contribution in [2.24, 2.45) is 0 Å². The van der Waals surface area contributed by atoms with Crippen molar-refractivity contribution in [1.29, 1.82) is 0 Å². The summed E-state index contributed by atoms with van der Waals surface area (Å²) in [5.41, 5.74) is 0. The van der Waals surface area contributed by atoms with Gasteiger partial charge in [-0.15, -0.1) is 35.0 Å². The molecule has 4 rings (SSSR count). The Morgan fingerprint density at radius 1 is 0.632 bits per heavy atom. The van der Waals surface area contributed by atoms with Crippen molar-refractivity contribution >= 4 is 32.3 Å². The van der Waals surface area contributed by atoms with Gasteiger partial charge in [-0.25, -0.2) is 0 Å². The smallest absolute Gasteiger partial charge is 0.147 e. The average Bonchev–Trinajstić information content (AvgIpc) is 2.45. The van der Waals surface area contributed by atoms with Crippen LogP contribution in [0.1, 0.15) is 0 Å². The fraction of sp³-hybridized carbons (Fsp3) is 0. The van der Waals surface area contributed by atoms with Gasteiger partial charge in [0.1, 0.15) is 0 Å². The normalized spacial score (nSPS) is 10.7. The Labute approximate surface area is 134 Å². The summed E-state index contributed by atoms with van der Waals surface area (Å²) in [4.78, 5) is 0. The predicted octanol–water partition coefficient (Wildman–Crippen LogP) is 1.95. The molecule has 0 atom stereocenters. The molecule has 0 unspecified atom stereocenters. The molecule has 84 valence electrons. The van der Waals surface area contributed by atoms with E-state index in [2.05, 4.69) is 60.7 Å². The third-order valence-electron chi connectivity index (χ3n) is 3.52. The fourth-order valence-corrected chi connectivity index (χ4v) is 2.61. The summed E-state index contributed by atoms with van der Waals surface area (Å²) in [5, 5.41) is 7.60. The van der Waals surface area contributed by atoms with E-state index in [0.29, 0.717) is 0 Å². The van der Waals surface area contributed by atoms with Gasteiger partial charge in [0, 0.05) is 0 Å². The standard InChI is InChI=1S/C18H11.Na/c1-2-7-15-12-18-16(11-14(15)6-1)10-9-13-5-3-4-8-17(13)18;/h1-7,9-12H;/q-1;+1. The first-order valence-electron chi connectivity index (χ1n) is 6.14. The number of benzene rings is 4. The molecule has 1 heteroatoms. The van der Waals surface area contributed by atoms with Gasteiger partial charge in [0.05, 0.1) is 0 Å². The molecule has 0 bridgehead atoms. The van der Waals surface area contributed by atoms with Gasteiger partial charge in [-0.1, -0.05) is 59.3 Å². The van der Waals surface area contributed by atoms with Crippen LogP contribution in [0.25, 0.3) is 32.3 Å². The van der Waals surface area contributed by atoms with Crippen molar-refractivity contribution < 1.29 is 29.6 Å². The van der Waals surface area contributed by atoms with Crippen LogP contribution in [-0.2, 0) is 0 Å². The van der Waals surface area contributed by atoms with Crippen LogP contribution in [-0.4, -0.2) is 0 Å². The number of hydrogen-bond donors (Lipinski definition) is 0. The first kappa shape index (κ1) is 12.7. The molecule has 0 aromatic heterocycles. The van der Waals surface area contributed by atoms with Gasteiger partial charge in [-0.3, -0.25) is 0 Å². The van der Waals surface area contributed by atoms with E-state index in [1.54, 1.807) is 0 Å². The Kier molecular flexibility index (Phi) is 3.32. The second-order valence-corrected chi connectivity index (χ2v) is 4.62. The van der Waals surface area contributed by atoms with Crippen molar-refractivity contribution in [1.82, 2.24) is 0 Å². The molecule has 0 N–H and O–H groups in total. The molecule has 0 spiro atoms. The van der Waals surface area contributed by atoms with E-state index >= 15 is 0 Å². The number of rotatable bonds is 0. The van der Waals surface area contributed by atoms with E-state index in [1.807, 2.05) is 12.1 Å². The Balaban J connectivity index is 0.00000110. The van der Waals surface area contributed by atoms with Crippen LogP contribution in [0.4, 0.5) is 0 Å². The SMILES string of the molecule is [Na+].[c-]1cccc2ccc3cc4ccccc4cc3c12. The van der Waals surface area contributed by atoms with E-state index in [9.17, 15) is 0 Å². The zero-order valence-electron chi connectivity index (χ0n) is 10.9. The van der Waals surface area contributed by atoms with Crippen LogP contribution >= 0.6 is 0 Å². The van der Waals surface area contributed by atoms with Crippen molar-refractivity contribution in [3.63, 3.8) is 0 Å². The molecule has 0 aliphatic rings. The van der Waals surface area contributed by atoms with Crippen LogP contribution in [0.15, 0.2) is 66.7 Å². The Morgan fingerprint density at radius 2 is 1.32 bits per heavy atom. The summed E-state index contributed by atoms with van der Waals surface area (Å²) < 4.78 is 0. The summed E-state index contributed by atoms with van der Waals surface area (Å²) >= 11 is 0. The molecule has 0 fully saturated rings. The fourth-order valence-electron chi connectivity index (χ4n) is 2.61. The molecule has 0 saturated heterocycles. The molecular weight excluding hydrogens is 239 g/mol. The van der Waals surface area contributed by atoms with Gasteiger partial charge in [0.2, 0.25) is 0 Å². The maximum atomic E-state index is 3.36. The summed E-state index contributed by atoms with van der Waals surface area (Å²) in [6.45, 7) is 0. The van der Waals surface area contributed by atoms with E-state index in [4.69, 9.17) is 0 Å². The second kappa shape index (κ2) is 4.97. The maximum Gasteiger partial charge on any atom is 1.00 e. The van der Waals surface area contributed by atoms with Crippen molar-refractivity contribution in [3.05, 3.63) is 72.8 Å². The van der Waals surface area contributed by atoms with E-state index in [-0.39, 0.29) is 29.6 Å². The monoisotopic (exact) mass is 250 g/mol. The van der Waals surface area contributed by atoms with Crippen molar-refractivity contribution in [2.45, 2.75) is 0 Å². The van der Waals surface area contributed by atoms with E-state index in [0.717, 1.165) is 0 Å². The topological polar surface area (TPSA) is 0 Å². The van der Waals surface area contributed by atoms with Gasteiger partial charge in [-0.05, 0) is 10.8 Å². The second-order valence-electron chi connectivity index (χ2n) is 4.62. The van der Waals surface area contributed by atoms with Crippen LogP contribution in [0.3, 0.4) is 0 Å². The van der Waals surface area contributed by atoms with Crippen LogP contribution in [0, 0.1) is 6.07 Å². The molecule has 4 aromatic carbocycles. The maximum absolute atomic E-state index is 3.36. The molecule has 0 nitrogen and oxygen atoms in total. The molecule has 0 heterocycles. The molecule has 0 amide bonds. The quantitative estimate of drug-likeness (QED) is 0.194. The number of fused-ring (bicyclic) bond motifs is 4. The molecule has 4 aromatic rings. The average molecular weight is 250 g/mol. The number of hydrogen-bond acceptors (Lipinski definition) is 0. The van der Waals surface area contributed by atoms with Crippen LogP contribution < -0.4 is 29.6 Å². The summed E-state index contributed by atoms with van der Waals surface area (Å²) in [5.74, 6) is 0. The van der Waals surface area contributed by atoms with Gasteiger partial charge < -0.3 is 0 Å². The third kappa shape index (κ3) is 2.06.